The lowest BCUT2D eigenvalue weighted by Crippen LogP contribution is -2.11. The summed E-state index contributed by atoms with van der Waals surface area (Å²) in [5.41, 5.74) is 7.42. The molecular formula is C19H18O2. The lowest BCUT2D eigenvalue weighted by molar-refractivity contribution is -0.137. The smallest absolute Gasteiger partial charge is 0.315 e. The zero-order chi connectivity index (χ0) is 15.1. The Hall–Kier alpha value is -2.35. The van der Waals surface area contributed by atoms with Crippen molar-refractivity contribution in [2.45, 2.75) is 26.7 Å². The van der Waals surface area contributed by atoms with Gasteiger partial charge in [0, 0.05) is 0 Å². The molecule has 2 nitrogen and oxygen atoms in total. The average molecular weight is 278 g/mol. The molecule has 1 atom stereocenters. The molecule has 1 aliphatic rings. The fourth-order valence-corrected chi connectivity index (χ4v) is 3.34. The summed E-state index contributed by atoms with van der Waals surface area (Å²) in [6, 6.07) is 13.8. The van der Waals surface area contributed by atoms with Crippen LogP contribution in [-0.4, -0.2) is 11.1 Å². The van der Waals surface area contributed by atoms with Gasteiger partial charge in [-0.25, -0.2) is 0 Å². The first-order chi connectivity index (χ1) is 10.0. The van der Waals surface area contributed by atoms with Gasteiger partial charge in [-0.2, -0.15) is 0 Å². The van der Waals surface area contributed by atoms with Crippen molar-refractivity contribution in [1.82, 2.24) is 0 Å². The van der Waals surface area contributed by atoms with Crippen LogP contribution in [0.5, 0.6) is 0 Å². The molecule has 0 radical (unpaired) electrons. The number of carboxylic acid groups (broad SMARTS) is 1. The van der Waals surface area contributed by atoms with E-state index in [1.165, 1.54) is 11.1 Å². The maximum atomic E-state index is 11.9. The highest BCUT2D eigenvalue weighted by Crippen LogP contribution is 2.48. The summed E-state index contributed by atoms with van der Waals surface area (Å²) >= 11 is 0. The molecule has 1 unspecified atom stereocenters. The van der Waals surface area contributed by atoms with E-state index in [0.29, 0.717) is 0 Å². The van der Waals surface area contributed by atoms with Crippen LogP contribution < -0.4 is 0 Å². The second-order valence-electron chi connectivity index (χ2n) is 5.65. The summed E-state index contributed by atoms with van der Waals surface area (Å²) in [6.07, 6.45) is 0. The van der Waals surface area contributed by atoms with Crippen LogP contribution in [0.15, 0.2) is 42.5 Å². The van der Waals surface area contributed by atoms with Gasteiger partial charge < -0.3 is 5.11 Å². The number of fused-ring (bicyclic) bond motifs is 1. The molecule has 0 heterocycles. The third-order valence-corrected chi connectivity index (χ3v) is 4.48. The summed E-state index contributed by atoms with van der Waals surface area (Å²) in [4.78, 5) is 11.9. The Morgan fingerprint density at radius 3 is 2.29 bits per heavy atom. The van der Waals surface area contributed by atoms with E-state index >= 15 is 0 Å². The first kappa shape index (κ1) is 13.6. The normalized spacial score (nSPS) is 17.0. The Morgan fingerprint density at radius 1 is 1.00 bits per heavy atom. The van der Waals surface area contributed by atoms with Gasteiger partial charge in [-0.15, -0.1) is 0 Å². The Balaban J connectivity index is 2.31. The van der Waals surface area contributed by atoms with Crippen molar-refractivity contribution >= 4 is 17.1 Å². The Labute approximate surface area is 124 Å². The number of hydrogen-bond acceptors (Lipinski definition) is 1. The first-order valence-corrected chi connectivity index (χ1v) is 7.12. The summed E-state index contributed by atoms with van der Waals surface area (Å²) in [7, 11) is 0. The van der Waals surface area contributed by atoms with E-state index in [-0.39, 0.29) is 0 Å². The third-order valence-electron chi connectivity index (χ3n) is 4.48. The second-order valence-corrected chi connectivity index (χ2v) is 5.65. The molecule has 0 spiro atoms. The fourth-order valence-electron chi connectivity index (χ4n) is 3.34. The Bertz CT molecular complexity index is 755. The van der Waals surface area contributed by atoms with Crippen LogP contribution in [0.4, 0.5) is 0 Å². The van der Waals surface area contributed by atoms with Crippen molar-refractivity contribution in [1.29, 1.82) is 0 Å². The number of rotatable bonds is 2. The summed E-state index contributed by atoms with van der Waals surface area (Å²) in [5, 5.41) is 9.74. The van der Waals surface area contributed by atoms with Gasteiger partial charge in [0.1, 0.15) is 5.92 Å². The van der Waals surface area contributed by atoms with Crippen molar-refractivity contribution < 1.29 is 9.90 Å². The highest BCUT2D eigenvalue weighted by atomic mass is 16.4. The molecule has 2 aromatic rings. The minimum atomic E-state index is -0.782. The third kappa shape index (κ3) is 1.99. The summed E-state index contributed by atoms with van der Waals surface area (Å²) in [6.45, 7) is 6.18. The SMILES string of the molecule is CC1=C(c2ccccc2)C(C(=O)O)c2ccc(C)c(C)c21. The van der Waals surface area contributed by atoms with E-state index in [2.05, 4.69) is 13.8 Å². The summed E-state index contributed by atoms with van der Waals surface area (Å²) < 4.78 is 0. The molecule has 0 aliphatic heterocycles. The minimum absolute atomic E-state index is 0.568. The van der Waals surface area contributed by atoms with Crippen LogP contribution in [0.25, 0.3) is 11.1 Å². The fraction of sp³-hybridized carbons (Fsp3) is 0.211. The Morgan fingerprint density at radius 2 is 1.67 bits per heavy atom. The standard InChI is InChI=1S/C19H18O2/c1-11-9-10-15-16(12(11)2)13(3)17(18(15)19(20)21)14-7-5-4-6-8-14/h4-10,18H,1-3H3,(H,20,21). The number of carboxylic acids is 1. The highest BCUT2D eigenvalue weighted by Gasteiger charge is 2.36. The topological polar surface area (TPSA) is 37.3 Å². The molecule has 0 amide bonds. The average Bonchev–Trinajstić information content (AvgIpc) is 2.77. The molecule has 3 rings (SSSR count). The molecule has 0 saturated heterocycles. The van der Waals surface area contributed by atoms with Gasteiger partial charge in [-0.05, 0) is 59.7 Å². The summed E-state index contributed by atoms with van der Waals surface area (Å²) in [5.74, 6) is -1.35. The molecule has 0 fully saturated rings. The van der Waals surface area contributed by atoms with E-state index < -0.39 is 11.9 Å². The monoisotopic (exact) mass is 278 g/mol. The van der Waals surface area contributed by atoms with E-state index in [1.54, 1.807) is 0 Å². The van der Waals surface area contributed by atoms with Crippen molar-refractivity contribution in [2.75, 3.05) is 0 Å². The molecule has 1 N–H and O–H groups in total. The number of benzene rings is 2. The zero-order valence-corrected chi connectivity index (χ0v) is 12.5. The number of carbonyl (C=O) groups is 1. The predicted octanol–water partition coefficient (Wildman–Crippen LogP) is 4.42. The number of aryl methyl sites for hydroxylation is 1. The van der Waals surface area contributed by atoms with Crippen molar-refractivity contribution in [3.05, 3.63) is 70.3 Å². The molecule has 0 aromatic heterocycles. The quantitative estimate of drug-likeness (QED) is 0.883. The lowest BCUT2D eigenvalue weighted by atomic mass is 9.90. The number of aliphatic carboxylic acids is 1. The maximum Gasteiger partial charge on any atom is 0.315 e. The first-order valence-electron chi connectivity index (χ1n) is 7.12. The predicted molar refractivity (Wildman–Crippen MR) is 85.2 cm³/mol. The molecule has 0 bridgehead atoms. The van der Waals surface area contributed by atoms with E-state index in [9.17, 15) is 9.90 Å². The lowest BCUT2D eigenvalue weighted by Gasteiger charge is -2.13. The zero-order valence-electron chi connectivity index (χ0n) is 12.5. The van der Waals surface area contributed by atoms with Crippen molar-refractivity contribution in [3.8, 4) is 0 Å². The van der Waals surface area contributed by atoms with Gasteiger partial charge in [0.25, 0.3) is 0 Å². The van der Waals surface area contributed by atoms with E-state index in [1.807, 2.05) is 49.4 Å². The van der Waals surface area contributed by atoms with E-state index in [0.717, 1.165) is 27.8 Å². The van der Waals surface area contributed by atoms with Crippen LogP contribution in [-0.2, 0) is 4.79 Å². The van der Waals surface area contributed by atoms with Crippen LogP contribution in [0.1, 0.15) is 40.7 Å². The van der Waals surface area contributed by atoms with Gasteiger partial charge in [0.15, 0.2) is 0 Å². The van der Waals surface area contributed by atoms with Gasteiger partial charge in [0.05, 0.1) is 0 Å². The molecule has 1 aliphatic carbocycles. The Kier molecular flexibility index (Phi) is 3.17. The molecular weight excluding hydrogens is 260 g/mol. The second kappa shape index (κ2) is 4.88. The molecule has 0 saturated carbocycles. The van der Waals surface area contributed by atoms with Gasteiger partial charge in [-0.1, -0.05) is 42.5 Å². The highest BCUT2D eigenvalue weighted by molar-refractivity contribution is 6.08. The molecule has 106 valence electrons. The number of hydrogen-bond donors (Lipinski definition) is 1. The van der Waals surface area contributed by atoms with Crippen LogP contribution in [0.3, 0.4) is 0 Å². The van der Waals surface area contributed by atoms with Crippen LogP contribution in [0.2, 0.25) is 0 Å². The van der Waals surface area contributed by atoms with Crippen LogP contribution in [0, 0.1) is 13.8 Å². The number of allylic oxidation sites excluding steroid dienone is 1. The molecule has 21 heavy (non-hydrogen) atoms. The molecule has 2 aromatic carbocycles. The minimum Gasteiger partial charge on any atom is -0.481 e. The van der Waals surface area contributed by atoms with Gasteiger partial charge in [0.2, 0.25) is 0 Å². The van der Waals surface area contributed by atoms with Gasteiger partial charge >= 0.3 is 5.97 Å². The largest absolute Gasteiger partial charge is 0.481 e. The van der Waals surface area contributed by atoms with Gasteiger partial charge in [-0.3, -0.25) is 4.79 Å². The van der Waals surface area contributed by atoms with Crippen molar-refractivity contribution in [3.63, 3.8) is 0 Å². The van der Waals surface area contributed by atoms with E-state index in [4.69, 9.17) is 0 Å². The maximum absolute atomic E-state index is 11.9. The van der Waals surface area contributed by atoms with Crippen molar-refractivity contribution in [2.24, 2.45) is 0 Å². The van der Waals surface area contributed by atoms with Crippen LogP contribution >= 0.6 is 0 Å². The molecule has 2 heteroatoms.